The van der Waals surface area contributed by atoms with Gasteiger partial charge < -0.3 is 0 Å². The van der Waals surface area contributed by atoms with Crippen LogP contribution in [0.3, 0.4) is 0 Å². The van der Waals surface area contributed by atoms with Crippen LogP contribution in [-0.2, 0) is 16.1 Å². The zero-order valence-electron chi connectivity index (χ0n) is 12.8. The highest BCUT2D eigenvalue weighted by atomic mass is 16.2. The summed E-state index contributed by atoms with van der Waals surface area (Å²) >= 11 is 0. The van der Waals surface area contributed by atoms with Crippen LogP contribution in [0.5, 0.6) is 0 Å². The molecule has 2 amide bonds. The van der Waals surface area contributed by atoms with E-state index in [9.17, 15) is 9.59 Å². The smallest absolute Gasteiger partial charge is 0.233 e. The minimum Gasteiger partial charge on any atom is -0.278 e. The van der Waals surface area contributed by atoms with Crippen molar-refractivity contribution >= 4 is 11.8 Å². The van der Waals surface area contributed by atoms with Crippen molar-refractivity contribution in [2.75, 3.05) is 0 Å². The van der Waals surface area contributed by atoms with Crippen molar-refractivity contribution in [3.05, 3.63) is 54.4 Å². The fraction of sp³-hybridized carbons (Fsp3) is 0.316. The molecule has 0 N–H and O–H groups in total. The summed E-state index contributed by atoms with van der Waals surface area (Å²) in [5.41, 5.74) is 3.12. The number of nitrogens with zero attached hydrogens (tertiary/aromatic N) is 2. The standard InChI is InChI=1S/C19H18N2O2/c22-18-16-4-1-5-17(16)19(23)21(18)12-13-6-8-14(9-7-13)15-3-2-10-20-11-15/h2-3,6-11,16-17H,1,4-5,12H2/t16-,17-/m0/s1. The van der Waals surface area contributed by atoms with Crippen molar-refractivity contribution in [3.63, 3.8) is 0 Å². The number of pyridine rings is 1. The van der Waals surface area contributed by atoms with Gasteiger partial charge in [0.15, 0.2) is 0 Å². The first kappa shape index (κ1) is 14.1. The Hall–Kier alpha value is -2.49. The lowest BCUT2D eigenvalue weighted by Gasteiger charge is -2.16. The van der Waals surface area contributed by atoms with Crippen molar-refractivity contribution < 1.29 is 9.59 Å². The van der Waals surface area contributed by atoms with E-state index in [0.717, 1.165) is 36.0 Å². The first-order valence-electron chi connectivity index (χ1n) is 8.08. The summed E-state index contributed by atoms with van der Waals surface area (Å²) in [5, 5.41) is 0. The van der Waals surface area contributed by atoms with Gasteiger partial charge in [0.1, 0.15) is 0 Å². The molecule has 2 heterocycles. The van der Waals surface area contributed by atoms with E-state index in [1.165, 1.54) is 4.90 Å². The van der Waals surface area contributed by atoms with Crippen LogP contribution in [0.4, 0.5) is 0 Å². The molecular weight excluding hydrogens is 288 g/mol. The predicted molar refractivity (Wildman–Crippen MR) is 86.1 cm³/mol. The molecule has 1 saturated carbocycles. The van der Waals surface area contributed by atoms with Gasteiger partial charge in [0, 0.05) is 12.4 Å². The molecule has 2 fully saturated rings. The maximum Gasteiger partial charge on any atom is 0.233 e. The average molecular weight is 306 g/mol. The van der Waals surface area contributed by atoms with Gasteiger partial charge in [-0.15, -0.1) is 0 Å². The highest BCUT2D eigenvalue weighted by molar-refractivity contribution is 6.05. The lowest BCUT2D eigenvalue weighted by molar-refractivity contribution is -0.141. The molecule has 2 aliphatic rings. The third-order valence-electron chi connectivity index (χ3n) is 4.97. The molecule has 2 atom stereocenters. The van der Waals surface area contributed by atoms with Crippen LogP contribution >= 0.6 is 0 Å². The van der Waals surface area contributed by atoms with Gasteiger partial charge in [-0.3, -0.25) is 19.5 Å². The number of carbonyl (C=O) groups excluding carboxylic acids is 2. The molecule has 4 rings (SSSR count). The molecule has 23 heavy (non-hydrogen) atoms. The number of hydrogen-bond donors (Lipinski definition) is 0. The molecule has 1 saturated heterocycles. The molecule has 1 aliphatic carbocycles. The molecular formula is C19H18N2O2. The van der Waals surface area contributed by atoms with Gasteiger partial charge >= 0.3 is 0 Å². The number of benzene rings is 1. The molecule has 116 valence electrons. The topological polar surface area (TPSA) is 50.3 Å². The largest absolute Gasteiger partial charge is 0.278 e. The number of fused-ring (bicyclic) bond motifs is 1. The van der Waals surface area contributed by atoms with Crippen LogP contribution in [0.15, 0.2) is 48.8 Å². The van der Waals surface area contributed by atoms with Crippen LogP contribution < -0.4 is 0 Å². The predicted octanol–water partition coefficient (Wildman–Crippen LogP) is 3.03. The van der Waals surface area contributed by atoms with Gasteiger partial charge in [-0.25, -0.2) is 0 Å². The molecule has 1 aromatic carbocycles. The Labute approximate surface area is 135 Å². The summed E-state index contributed by atoms with van der Waals surface area (Å²) in [7, 11) is 0. The van der Waals surface area contributed by atoms with E-state index in [0.29, 0.717) is 6.54 Å². The summed E-state index contributed by atoms with van der Waals surface area (Å²) in [5.74, 6) is -0.0722. The molecule has 0 spiro atoms. The Bertz CT molecular complexity index is 718. The summed E-state index contributed by atoms with van der Waals surface area (Å²) in [6.07, 6.45) is 6.31. The minimum absolute atomic E-state index is 0.0221. The molecule has 0 bridgehead atoms. The minimum atomic E-state index is -0.0582. The average Bonchev–Trinajstić information content (AvgIpc) is 3.16. The normalized spacial score (nSPS) is 23.4. The fourth-order valence-electron chi connectivity index (χ4n) is 3.73. The summed E-state index contributed by atoms with van der Waals surface area (Å²) in [6.45, 7) is 0.387. The van der Waals surface area contributed by atoms with Crippen LogP contribution in [0.2, 0.25) is 0 Å². The van der Waals surface area contributed by atoms with E-state index in [1.807, 2.05) is 42.6 Å². The van der Waals surface area contributed by atoms with Gasteiger partial charge in [0.05, 0.1) is 18.4 Å². The molecule has 4 nitrogen and oxygen atoms in total. The summed E-state index contributed by atoms with van der Waals surface area (Å²) in [6, 6.07) is 11.9. The van der Waals surface area contributed by atoms with Gasteiger partial charge in [-0.1, -0.05) is 36.8 Å². The lowest BCUT2D eigenvalue weighted by Crippen LogP contribution is -2.31. The second kappa shape index (κ2) is 5.61. The lowest BCUT2D eigenvalue weighted by atomic mass is 10.00. The number of imide groups is 1. The number of likely N-dealkylation sites (tertiary alicyclic amines) is 1. The Kier molecular flexibility index (Phi) is 3.45. The van der Waals surface area contributed by atoms with Gasteiger partial charge in [0.2, 0.25) is 11.8 Å². The third kappa shape index (κ3) is 2.44. The molecule has 1 aliphatic heterocycles. The van der Waals surface area contributed by atoms with Gasteiger partial charge in [-0.05, 0) is 35.6 Å². The quantitative estimate of drug-likeness (QED) is 0.819. The molecule has 2 aromatic rings. The monoisotopic (exact) mass is 306 g/mol. The van der Waals surface area contributed by atoms with E-state index >= 15 is 0 Å². The zero-order chi connectivity index (χ0) is 15.8. The van der Waals surface area contributed by atoms with E-state index < -0.39 is 0 Å². The second-order valence-corrected chi connectivity index (χ2v) is 6.35. The van der Waals surface area contributed by atoms with Crippen LogP contribution in [-0.4, -0.2) is 21.7 Å². The van der Waals surface area contributed by atoms with Crippen molar-refractivity contribution in [2.24, 2.45) is 11.8 Å². The Morgan fingerprint density at radius 1 is 0.957 bits per heavy atom. The Morgan fingerprint density at radius 2 is 1.65 bits per heavy atom. The number of hydrogen-bond acceptors (Lipinski definition) is 3. The number of aromatic nitrogens is 1. The van der Waals surface area contributed by atoms with Gasteiger partial charge in [0.25, 0.3) is 0 Å². The van der Waals surface area contributed by atoms with E-state index in [4.69, 9.17) is 0 Å². The Morgan fingerprint density at radius 3 is 2.26 bits per heavy atom. The molecule has 4 heteroatoms. The van der Waals surface area contributed by atoms with Crippen LogP contribution in [0.25, 0.3) is 11.1 Å². The number of carbonyl (C=O) groups is 2. The van der Waals surface area contributed by atoms with Crippen molar-refractivity contribution in [2.45, 2.75) is 25.8 Å². The highest BCUT2D eigenvalue weighted by Gasteiger charge is 2.49. The van der Waals surface area contributed by atoms with Crippen LogP contribution in [0.1, 0.15) is 24.8 Å². The summed E-state index contributed by atoms with van der Waals surface area (Å²) < 4.78 is 0. The number of rotatable bonds is 3. The maximum atomic E-state index is 12.4. The van der Waals surface area contributed by atoms with Crippen molar-refractivity contribution in [1.29, 1.82) is 0 Å². The Balaban J connectivity index is 1.52. The fourth-order valence-corrected chi connectivity index (χ4v) is 3.73. The maximum absolute atomic E-state index is 12.4. The van der Waals surface area contributed by atoms with Crippen molar-refractivity contribution in [3.8, 4) is 11.1 Å². The third-order valence-corrected chi connectivity index (χ3v) is 4.97. The number of amides is 2. The van der Waals surface area contributed by atoms with Crippen molar-refractivity contribution in [1.82, 2.24) is 9.88 Å². The molecule has 0 radical (unpaired) electrons. The molecule has 1 aromatic heterocycles. The van der Waals surface area contributed by atoms with E-state index in [-0.39, 0.29) is 23.7 Å². The van der Waals surface area contributed by atoms with E-state index in [1.54, 1.807) is 6.20 Å². The van der Waals surface area contributed by atoms with E-state index in [2.05, 4.69) is 4.98 Å². The summed E-state index contributed by atoms with van der Waals surface area (Å²) in [4.78, 5) is 30.3. The first-order chi connectivity index (χ1) is 11.2. The second-order valence-electron chi connectivity index (χ2n) is 6.35. The van der Waals surface area contributed by atoms with Crippen LogP contribution in [0, 0.1) is 11.8 Å². The SMILES string of the molecule is O=C1[C@H]2CCC[C@@H]2C(=O)N1Cc1ccc(-c2cccnc2)cc1. The highest BCUT2D eigenvalue weighted by Crippen LogP contribution is 2.40. The molecule has 0 unspecified atom stereocenters. The first-order valence-corrected chi connectivity index (χ1v) is 8.08. The van der Waals surface area contributed by atoms with Gasteiger partial charge in [-0.2, -0.15) is 0 Å². The zero-order valence-corrected chi connectivity index (χ0v) is 12.8.